The summed E-state index contributed by atoms with van der Waals surface area (Å²) in [5.41, 5.74) is -1.06. The first-order valence-electron chi connectivity index (χ1n) is 7.51. The Morgan fingerprint density at radius 2 is 1.83 bits per heavy atom. The summed E-state index contributed by atoms with van der Waals surface area (Å²) in [6.45, 7) is 1.00. The zero-order valence-electron chi connectivity index (χ0n) is 12.5. The first kappa shape index (κ1) is 15.9. The third kappa shape index (κ3) is 2.84. The third-order valence-corrected chi connectivity index (χ3v) is 6.28. The van der Waals surface area contributed by atoms with Gasteiger partial charge in [0.15, 0.2) is 0 Å². The molecule has 3 rings (SSSR count). The molecule has 1 aromatic carbocycles. The van der Waals surface area contributed by atoms with E-state index in [0.29, 0.717) is 31.6 Å². The average Bonchev–Trinajstić information content (AvgIpc) is 3.15. The lowest BCUT2D eigenvalue weighted by Gasteiger charge is -2.16. The van der Waals surface area contributed by atoms with E-state index in [2.05, 4.69) is 5.32 Å². The molecule has 1 aromatic rings. The van der Waals surface area contributed by atoms with E-state index in [4.69, 9.17) is 5.11 Å². The molecule has 1 aliphatic carbocycles. The van der Waals surface area contributed by atoms with Gasteiger partial charge < -0.3 is 10.4 Å². The second-order valence-electron chi connectivity index (χ2n) is 5.98. The van der Waals surface area contributed by atoms with Crippen LogP contribution in [0, 0.1) is 5.41 Å². The molecule has 0 aromatic heterocycles. The fourth-order valence-corrected chi connectivity index (χ4v) is 4.29. The van der Waals surface area contributed by atoms with Crippen LogP contribution < -0.4 is 5.32 Å². The van der Waals surface area contributed by atoms with Gasteiger partial charge in [0.1, 0.15) is 5.41 Å². The molecular weight excluding hydrogens is 320 g/mol. The number of anilines is 1. The Labute approximate surface area is 134 Å². The zero-order valence-corrected chi connectivity index (χ0v) is 13.3. The number of hydrogen-bond donors (Lipinski definition) is 2. The van der Waals surface area contributed by atoms with Gasteiger partial charge in [0.05, 0.1) is 4.90 Å². The SMILES string of the molecule is O=C(O)C1(C(=O)Nc2cccc(S(=O)(=O)N3CCCC3)c2)CC1. The average molecular weight is 338 g/mol. The molecule has 2 aliphatic rings. The van der Waals surface area contributed by atoms with Gasteiger partial charge in [-0.3, -0.25) is 9.59 Å². The van der Waals surface area contributed by atoms with Gasteiger partial charge >= 0.3 is 5.97 Å². The summed E-state index contributed by atoms with van der Waals surface area (Å²) in [5, 5.41) is 11.6. The molecule has 0 radical (unpaired) electrons. The van der Waals surface area contributed by atoms with Crippen LogP contribution in [0.3, 0.4) is 0 Å². The van der Waals surface area contributed by atoms with E-state index >= 15 is 0 Å². The van der Waals surface area contributed by atoms with Crippen LogP contribution in [0.25, 0.3) is 0 Å². The Balaban J connectivity index is 1.80. The van der Waals surface area contributed by atoms with Gasteiger partial charge in [-0.15, -0.1) is 0 Å². The summed E-state index contributed by atoms with van der Waals surface area (Å²) in [4.78, 5) is 23.4. The van der Waals surface area contributed by atoms with Gasteiger partial charge in [-0.2, -0.15) is 4.31 Å². The fourth-order valence-electron chi connectivity index (χ4n) is 2.73. The molecule has 0 atom stereocenters. The molecule has 2 fully saturated rings. The Morgan fingerprint density at radius 3 is 2.39 bits per heavy atom. The minimum Gasteiger partial charge on any atom is -0.480 e. The number of carboxylic acid groups (broad SMARTS) is 1. The summed E-state index contributed by atoms with van der Waals surface area (Å²) >= 11 is 0. The van der Waals surface area contributed by atoms with Crippen molar-refractivity contribution in [2.24, 2.45) is 5.41 Å². The molecule has 124 valence electrons. The molecule has 23 heavy (non-hydrogen) atoms. The number of carbonyl (C=O) groups excluding carboxylic acids is 1. The molecule has 7 nitrogen and oxygen atoms in total. The second-order valence-corrected chi connectivity index (χ2v) is 7.92. The van der Waals surface area contributed by atoms with Crippen molar-refractivity contribution in [2.45, 2.75) is 30.6 Å². The maximum atomic E-state index is 12.5. The maximum Gasteiger partial charge on any atom is 0.319 e. The number of nitrogens with zero attached hydrogens (tertiary/aromatic N) is 1. The fraction of sp³-hybridized carbons (Fsp3) is 0.467. The normalized spacial score (nSPS) is 20.2. The molecule has 1 heterocycles. The van der Waals surface area contributed by atoms with E-state index in [1.807, 2.05) is 0 Å². The van der Waals surface area contributed by atoms with Gasteiger partial charge in [0.25, 0.3) is 0 Å². The number of sulfonamides is 1. The monoisotopic (exact) mass is 338 g/mol. The van der Waals surface area contributed by atoms with E-state index in [9.17, 15) is 18.0 Å². The molecule has 0 bridgehead atoms. The highest BCUT2D eigenvalue weighted by Crippen LogP contribution is 2.46. The Morgan fingerprint density at radius 1 is 1.17 bits per heavy atom. The van der Waals surface area contributed by atoms with E-state index in [1.54, 1.807) is 12.1 Å². The minimum absolute atomic E-state index is 0.109. The van der Waals surface area contributed by atoms with Crippen molar-refractivity contribution < 1.29 is 23.1 Å². The van der Waals surface area contributed by atoms with Crippen LogP contribution in [0.4, 0.5) is 5.69 Å². The third-order valence-electron chi connectivity index (χ3n) is 4.39. The Hall–Kier alpha value is -1.93. The van der Waals surface area contributed by atoms with Crippen molar-refractivity contribution in [3.63, 3.8) is 0 Å². The lowest BCUT2D eigenvalue weighted by atomic mass is 10.1. The van der Waals surface area contributed by atoms with E-state index in [1.165, 1.54) is 16.4 Å². The van der Waals surface area contributed by atoms with Crippen molar-refractivity contribution in [1.82, 2.24) is 4.31 Å². The van der Waals surface area contributed by atoms with Crippen LogP contribution in [-0.2, 0) is 19.6 Å². The largest absolute Gasteiger partial charge is 0.480 e. The van der Waals surface area contributed by atoms with Crippen molar-refractivity contribution in [3.05, 3.63) is 24.3 Å². The molecule has 1 saturated heterocycles. The van der Waals surface area contributed by atoms with Gasteiger partial charge in [-0.25, -0.2) is 8.42 Å². The number of aliphatic carboxylic acids is 1. The van der Waals surface area contributed by atoms with Crippen LogP contribution >= 0.6 is 0 Å². The summed E-state index contributed by atoms with van der Waals surface area (Å²) in [7, 11) is -3.57. The number of benzene rings is 1. The quantitative estimate of drug-likeness (QED) is 0.787. The molecule has 0 unspecified atom stereocenters. The molecule has 0 spiro atoms. The highest BCUT2D eigenvalue weighted by molar-refractivity contribution is 7.89. The van der Waals surface area contributed by atoms with Crippen LogP contribution in [0.15, 0.2) is 29.2 Å². The van der Waals surface area contributed by atoms with Gasteiger partial charge in [0.2, 0.25) is 15.9 Å². The number of carboxylic acids is 1. The van der Waals surface area contributed by atoms with Gasteiger partial charge in [-0.1, -0.05) is 6.07 Å². The zero-order chi connectivity index (χ0) is 16.7. The van der Waals surface area contributed by atoms with Crippen LogP contribution in [0.2, 0.25) is 0 Å². The number of nitrogens with one attached hydrogen (secondary N) is 1. The maximum absolute atomic E-state index is 12.5. The highest BCUT2D eigenvalue weighted by Gasteiger charge is 2.57. The summed E-state index contributed by atoms with van der Waals surface area (Å²) in [6, 6.07) is 5.95. The highest BCUT2D eigenvalue weighted by atomic mass is 32.2. The van der Waals surface area contributed by atoms with Gasteiger partial charge in [-0.05, 0) is 43.9 Å². The minimum atomic E-state index is -3.57. The van der Waals surface area contributed by atoms with E-state index in [-0.39, 0.29) is 4.90 Å². The second kappa shape index (κ2) is 5.61. The summed E-state index contributed by atoms with van der Waals surface area (Å²) < 4.78 is 26.4. The lowest BCUT2D eigenvalue weighted by Crippen LogP contribution is -2.31. The molecule has 8 heteroatoms. The molecular formula is C15H18N2O5S. The smallest absolute Gasteiger partial charge is 0.319 e. The Kier molecular flexibility index (Phi) is 3.89. The van der Waals surface area contributed by atoms with Crippen LogP contribution in [-0.4, -0.2) is 42.8 Å². The van der Waals surface area contributed by atoms with Crippen molar-refractivity contribution in [2.75, 3.05) is 18.4 Å². The van der Waals surface area contributed by atoms with Crippen LogP contribution in [0.5, 0.6) is 0 Å². The molecule has 1 saturated carbocycles. The van der Waals surface area contributed by atoms with E-state index < -0.39 is 27.3 Å². The molecule has 1 aliphatic heterocycles. The number of carbonyl (C=O) groups is 2. The number of hydrogen-bond acceptors (Lipinski definition) is 4. The Bertz CT molecular complexity index is 749. The number of amides is 1. The molecule has 1 amide bonds. The lowest BCUT2D eigenvalue weighted by molar-refractivity contribution is -0.147. The predicted octanol–water partition coefficient (Wildman–Crippen LogP) is 1.27. The summed E-state index contributed by atoms with van der Waals surface area (Å²) in [5.74, 6) is -1.74. The van der Waals surface area contributed by atoms with Crippen molar-refractivity contribution in [1.29, 1.82) is 0 Å². The van der Waals surface area contributed by atoms with Crippen molar-refractivity contribution in [3.8, 4) is 0 Å². The summed E-state index contributed by atoms with van der Waals surface area (Å²) in [6.07, 6.45) is 2.30. The van der Waals surface area contributed by atoms with Gasteiger partial charge in [0, 0.05) is 18.8 Å². The van der Waals surface area contributed by atoms with Crippen LogP contribution in [0.1, 0.15) is 25.7 Å². The first-order chi connectivity index (χ1) is 10.9. The number of rotatable bonds is 5. The topological polar surface area (TPSA) is 104 Å². The predicted molar refractivity (Wildman–Crippen MR) is 82.4 cm³/mol. The first-order valence-corrected chi connectivity index (χ1v) is 8.95. The standard InChI is InChI=1S/C15H18N2O5S/c18-13(15(6-7-15)14(19)20)16-11-4-3-5-12(10-11)23(21,22)17-8-1-2-9-17/h3-5,10H,1-2,6-9H2,(H,16,18)(H,19,20). The molecule has 2 N–H and O–H groups in total. The van der Waals surface area contributed by atoms with Crippen molar-refractivity contribution >= 4 is 27.6 Å². The van der Waals surface area contributed by atoms with E-state index in [0.717, 1.165) is 12.8 Å².